The van der Waals surface area contributed by atoms with E-state index in [4.69, 9.17) is 14.2 Å². The number of nitrogens with one attached hydrogen (secondary N) is 1. The minimum atomic E-state index is -1.08. The molecule has 1 aromatic rings. The Hall–Kier alpha value is -1.63. The minimum absolute atomic E-state index is 0.218. The molecule has 0 aliphatic carbocycles. The molecule has 1 aromatic carbocycles. The summed E-state index contributed by atoms with van der Waals surface area (Å²) < 4.78 is 16.0. The molecular formula is C18H29NO4Si. The number of hydrogen-bond acceptors (Lipinski definition) is 4. The van der Waals surface area contributed by atoms with Gasteiger partial charge in [0.1, 0.15) is 13.4 Å². The van der Waals surface area contributed by atoms with Crippen LogP contribution in [0.1, 0.15) is 5.56 Å². The molecule has 24 heavy (non-hydrogen) atoms. The molecule has 0 aliphatic heterocycles. The normalized spacial score (nSPS) is 12.5. The predicted molar refractivity (Wildman–Crippen MR) is 98.7 cm³/mol. The molecule has 1 amide bonds. The van der Waals surface area contributed by atoms with E-state index < -0.39 is 14.2 Å². The van der Waals surface area contributed by atoms with E-state index in [9.17, 15) is 4.79 Å². The highest BCUT2D eigenvalue weighted by atomic mass is 28.3. The lowest BCUT2D eigenvalue weighted by molar-refractivity contribution is -0.0525. The molecule has 0 unspecified atom stereocenters. The number of ether oxygens (including phenoxy) is 3. The fraction of sp³-hybridized carbons (Fsp3) is 0.500. The SMILES string of the molecule is C=C[C@H](COCOCC[Si](C)(C)C)NC(=O)OCc1ccccc1. The van der Waals surface area contributed by atoms with Crippen LogP contribution in [-0.4, -0.2) is 40.2 Å². The second kappa shape index (κ2) is 11.0. The van der Waals surface area contributed by atoms with Crippen molar-refractivity contribution in [3.8, 4) is 0 Å². The zero-order chi connectivity index (χ0) is 17.8. The van der Waals surface area contributed by atoms with Crippen LogP contribution in [-0.2, 0) is 20.8 Å². The standard InChI is InChI=1S/C18H29NO4Si/c1-5-17(14-22-15-21-11-12-24(2,3)4)19-18(20)23-13-16-9-7-6-8-10-16/h5-10,17H,1,11-15H2,2-4H3,(H,19,20)/t17-/m1/s1. The summed E-state index contributed by atoms with van der Waals surface area (Å²) in [4.78, 5) is 11.8. The van der Waals surface area contributed by atoms with E-state index in [0.717, 1.165) is 11.6 Å². The van der Waals surface area contributed by atoms with Crippen molar-refractivity contribution in [3.63, 3.8) is 0 Å². The summed E-state index contributed by atoms with van der Waals surface area (Å²) >= 11 is 0. The van der Waals surface area contributed by atoms with Crippen molar-refractivity contribution in [3.05, 3.63) is 48.6 Å². The van der Waals surface area contributed by atoms with Crippen LogP contribution in [0.2, 0.25) is 25.7 Å². The van der Waals surface area contributed by atoms with Gasteiger partial charge in [-0.1, -0.05) is 56.0 Å². The molecular weight excluding hydrogens is 322 g/mol. The van der Waals surface area contributed by atoms with E-state index in [2.05, 4.69) is 31.5 Å². The molecule has 6 heteroatoms. The number of carbonyl (C=O) groups excluding carboxylic acids is 1. The molecule has 0 heterocycles. The highest BCUT2D eigenvalue weighted by Crippen LogP contribution is 2.07. The zero-order valence-electron chi connectivity index (χ0n) is 14.9. The molecule has 1 atom stereocenters. The molecule has 134 valence electrons. The third kappa shape index (κ3) is 10.2. The summed E-state index contributed by atoms with van der Waals surface area (Å²) in [5.41, 5.74) is 0.940. The summed E-state index contributed by atoms with van der Waals surface area (Å²) in [6, 6.07) is 10.3. The van der Waals surface area contributed by atoms with Crippen molar-refractivity contribution in [1.82, 2.24) is 5.32 Å². The predicted octanol–water partition coefficient (Wildman–Crippen LogP) is 3.80. The van der Waals surface area contributed by atoms with Crippen molar-refractivity contribution >= 4 is 14.2 Å². The van der Waals surface area contributed by atoms with Gasteiger partial charge in [-0.05, 0) is 11.6 Å². The number of carbonyl (C=O) groups is 1. The lowest BCUT2D eigenvalue weighted by Gasteiger charge is -2.17. The molecule has 0 saturated heterocycles. The Bertz CT molecular complexity index is 488. The highest BCUT2D eigenvalue weighted by molar-refractivity contribution is 6.76. The van der Waals surface area contributed by atoms with E-state index in [0.29, 0.717) is 13.2 Å². The largest absolute Gasteiger partial charge is 0.445 e. The van der Waals surface area contributed by atoms with Crippen LogP contribution in [0.15, 0.2) is 43.0 Å². The van der Waals surface area contributed by atoms with Crippen LogP contribution < -0.4 is 5.32 Å². The first kappa shape index (κ1) is 20.4. The van der Waals surface area contributed by atoms with Gasteiger partial charge in [0.15, 0.2) is 0 Å². The average Bonchev–Trinajstić information content (AvgIpc) is 2.55. The van der Waals surface area contributed by atoms with Gasteiger partial charge in [0, 0.05) is 14.7 Å². The van der Waals surface area contributed by atoms with Gasteiger partial charge in [-0.15, -0.1) is 6.58 Å². The number of rotatable bonds is 11. The summed E-state index contributed by atoms with van der Waals surface area (Å²) in [6.07, 6.45) is 1.12. The lowest BCUT2D eigenvalue weighted by Crippen LogP contribution is -2.37. The fourth-order valence-electron chi connectivity index (χ4n) is 1.76. The van der Waals surface area contributed by atoms with E-state index in [-0.39, 0.29) is 19.4 Å². The van der Waals surface area contributed by atoms with Crippen LogP contribution in [0.3, 0.4) is 0 Å². The zero-order valence-corrected chi connectivity index (χ0v) is 15.9. The molecule has 0 aromatic heterocycles. The number of hydrogen-bond donors (Lipinski definition) is 1. The Morgan fingerprint density at radius 2 is 1.96 bits per heavy atom. The number of alkyl carbamates (subject to hydrolysis) is 1. The third-order valence-corrected chi connectivity index (χ3v) is 4.97. The van der Waals surface area contributed by atoms with Gasteiger partial charge >= 0.3 is 6.09 Å². The van der Waals surface area contributed by atoms with Crippen LogP contribution in [0, 0.1) is 0 Å². The van der Waals surface area contributed by atoms with E-state index in [1.54, 1.807) is 6.08 Å². The van der Waals surface area contributed by atoms with Crippen molar-refractivity contribution in [1.29, 1.82) is 0 Å². The molecule has 1 N–H and O–H groups in total. The first-order chi connectivity index (χ1) is 11.4. The Labute approximate surface area is 146 Å². The van der Waals surface area contributed by atoms with Crippen molar-refractivity contribution in [2.75, 3.05) is 20.0 Å². The Morgan fingerprint density at radius 3 is 2.58 bits per heavy atom. The quantitative estimate of drug-likeness (QED) is 0.285. The maximum Gasteiger partial charge on any atom is 0.408 e. The maximum absolute atomic E-state index is 11.8. The average molecular weight is 352 g/mol. The molecule has 0 fully saturated rings. The molecule has 0 radical (unpaired) electrons. The summed E-state index contributed by atoms with van der Waals surface area (Å²) in [7, 11) is -1.08. The monoisotopic (exact) mass is 351 g/mol. The van der Waals surface area contributed by atoms with Crippen molar-refractivity contribution < 1.29 is 19.0 Å². The number of benzene rings is 1. The topological polar surface area (TPSA) is 56.8 Å². The van der Waals surface area contributed by atoms with Crippen LogP contribution >= 0.6 is 0 Å². The summed E-state index contributed by atoms with van der Waals surface area (Å²) in [5, 5.41) is 2.70. The van der Waals surface area contributed by atoms with Gasteiger partial charge in [-0.3, -0.25) is 0 Å². The van der Waals surface area contributed by atoms with E-state index in [1.165, 1.54) is 0 Å². The maximum atomic E-state index is 11.8. The van der Waals surface area contributed by atoms with Crippen molar-refractivity contribution in [2.45, 2.75) is 38.3 Å². The van der Waals surface area contributed by atoms with Gasteiger partial charge in [-0.25, -0.2) is 4.79 Å². The molecule has 0 bridgehead atoms. The van der Waals surface area contributed by atoms with Gasteiger partial charge in [0.25, 0.3) is 0 Å². The van der Waals surface area contributed by atoms with Crippen LogP contribution in [0.25, 0.3) is 0 Å². The highest BCUT2D eigenvalue weighted by Gasteiger charge is 2.13. The second-order valence-corrected chi connectivity index (χ2v) is 12.4. The lowest BCUT2D eigenvalue weighted by atomic mass is 10.2. The van der Waals surface area contributed by atoms with E-state index >= 15 is 0 Å². The van der Waals surface area contributed by atoms with Crippen molar-refractivity contribution in [2.24, 2.45) is 0 Å². The first-order valence-electron chi connectivity index (χ1n) is 8.16. The number of amides is 1. The molecule has 5 nitrogen and oxygen atoms in total. The van der Waals surface area contributed by atoms with Gasteiger partial charge in [-0.2, -0.15) is 0 Å². The smallest absolute Gasteiger partial charge is 0.408 e. The summed E-state index contributed by atoms with van der Waals surface area (Å²) in [6.45, 7) is 12.1. The molecule has 0 saturated carbocycles. The molecule has 0 spiro atoms. The van der Waals surface area contributed by atoms with Gasteiger partial charge in [0.2, 0.25) is 0 Å². The first-order valence-corrected chi connectivity index (χ1v) is 11.9. The van der Waals surface area contributed by atoms with Gasteiger partial charge in [0.05, 0.1) is 12.6 Å². The Kier molecular flexibility index (Phi) is 9.37. The molecule has 1 rings (SSSR count). The third-order valence-electron chi connectivity index (χ3n) is 3.26. The summed E-state index contributed by atoms with van der Waals surface area (Å²) in [5.74, 6) is 0. The minimum Gasteiger partial charge on any atom is -0.445 e. The Balaban J connectivity index is 2.15. The second-order valence-electron chi connectivity index (χ2n) is 6.76. The molecule has 0 aliphatic rings. The van der Waals surface area contributed by atoms with E-state index in [1.807, 2.05) is 30.3 Å². The van der Waals surface area contributed by atoms with Gasteiger partial charge < -0.3 is 19.5 Å². The van der Waals surface area contributed by atoms with Crippen LogP contribution in [0.5, 0.6) is 0 Å². The Morgan fingerprint density at radius 1 is 1.25 bits per heavy atom. The van der Waals surface area contributed by atoms with Crippen LogP contribution in [0.4, 0.5) is 4.79 Å². The fourth-order valence-corrected chi connectivity index (χ4v) is 2.51.